The van der Waals surface area contributed by atoms with Gasteiger partial charge in [-0.25, -0.2) is 0 Å². The molecule has 0 aliphatic heterocycles. The van der Waals surface area contributed by atoms with E-state index in [0.29, 0.717) is 0 Å². The molecule has 1 aromatic carbocycles. The number of benzene rings is 1. The summed E-state index contributed by atoms with van der Waals surface area (Å²) >= 11 is 0. The van der Waals surface area contributed by atoms with Gasteiger partial charge >= 0.3 is 0 Å². The van der Waals surface area contributed by atoms with Crippen LogP contribution in [0.1, 0.15) is 30.5 Å². The number of ether oxygens (including phenoxy) is 1. The molecule has 15 heavy (non-hydrogen) atoms. The summed E-state index contributed by atoms with van der Waals surface area (Å²) in [6.07, 6.45) is 0.827. The van der Waals surface area contributed by atoms with Crippen LogP contribution in [-0.4, -0.2) is 7.11 Å². The fourth-order valence-corrected chi connectivity index (χ4v) is 1.68. The fraction of sp³-hybridized carbons (Fsp3) is 0.385. The predicted octanol–water partition coefficient (Wildman–Crippen LogP) is 2.97. The van der Waals surface area contributed by atoms with Gasteiger partial charge in [-0.3, -0.25) is 0 Å². The van der Waals surface area contributed by atoms with Crippen LogP contribution in [0.4, 0.5) is 0 Å². The van der Waals surface area contributed by atoms with Crippen molar-refractivity contribution in [1.82, 2.24) is 0 Å². The summed E-state index contributed by atoms with van der Waals surface area (Å²) in [6, 6.07) is 6.02. The van der Waals surface area contributed by atoms with Gasteiger partial charge in [0.25, 0.3) is 0 Å². The number of methoxy groups -OCH3 is 1. The van der Waals surface area contributed by atoms with Crippen LogP contribution in [-0.2, 0) is 0 Å². The highest BCUT2D eigenvalue weighted by Crippen LogP contribution is 2.24. The van der Waals surface area contributed by atoms with Crippen molar-refractivity contribution < 1.29 is 4.74 Å². The average Bonchev–Trinajstić information content (AvgIpc) is 2.16. The van der Waals surface area contributed by atoms with Crippen molar-refractivity contribution in [3.05, 3.63) is 41.5 Å². The lowest BCUT2D eigenvalue weighted by Crippen LogP contribution is -2.11. The molecule has 0 heterocycles. The third-order valence-electron chi connectivity index (χ3n) is 2.44. The zero-order chi connectivity index (χ0) is 11.4. The number of hydrogen-bond donors (Lipinski definition) is 1. The van der Waals surface area contributed by atoms with Gasteiger partial charge in [0.1, 0.15) is 5.75 Å². The summed E-state index contributed by atoms with van der Waals surface area (Å²) in [6.45, 7) is 7.93. The Kier molecular flexibility index (Phi) is 3.92. The molecule has 0 amide bonds. The molecule has 2 heteroatoms. The van der Waals surface area contributed by atoms with E-state index in [0.717, 1.165) is 17.7 Å². The molecular weight excluding hydrogens is 186 g/mol. The van der Waals surface area contributed by atoms with Crippen LogP contribution in [0.25, 0.3) is 0 Å². The molecule has 0 saturated carbocycles. The topological polar surface area (TPSA) is 35.2 Å². The van der Waals surface area contributed by atoms with Crippen molar-refractivity contribution in [2.75, 3.05) is 7.11 Å². The Morgan fingerprint density at radius 3 is 2.67 bits per heavy atom. The predicted molar refractivity (Wildman–Crippen MR) is 64.1 cm³/mol. The first kappa shape index (κ1) is 11.8. The van der Waals surface area contributed by atoms with Crippen LogP contribution < -0.4 is 10.5 Å². The van der Waals surface area contributed by atoms with Crippen molar-refractivity contribution >= 4 is 0 Å². The monoisotopic (exact) mass is 205 g/mol. The van der Waals surface area contributed by atoms with Gasteiger partial charge in [-0.1, -0.05) is 11.6 Å². The van der Waals surface area contributed by atoms with E-state index in [1.165, 1.54) is 11.1 Å². The third kappa shape index (κ3) is 3.10. The molecule has 0 fully saturated rings. The minimum atomic E-state index is 0.0356. The fourth-order valence-electron chi connectivity index (χ4n) is 1.68. The van der Waals surface area contributed by atoms with Crippen LogP contribution in [0.2, 0.25) is 0 Å². The Morgan fingerprint density at radius 1 is 1.53 bits per heavy atom. The molecule has 1 atom stereocenters. The molecule has 0 saturated heterocycles. The van der Waals surface area contributed by atoms with Crippen molar-refractivity contribution in [3.8, 4) is 5.75 Å². The van der Waals surface area contributed by atoms with Crippen molar-refractivity contribution in [2.45, 2.75) is 26.3 Å². The maximum Gasteiger partial charge on any atom is 0.119 e. The second-order valence-corrected chi connectivity index (χ2v) is 3.99. The van der Waals surface area contributed by atoms with Gasteiger partial charge in [0.05, 0.1) is 7.11 Å². The molecule has 0 aromatic heterocycles. The molecule has 0 bridgehead atoms. The Labute approximate surface area is 91.7 Å². The van der Waals surface area contributed by atoms with Gasteiger partial charge in [-0.15, -0.1) is 6.58 Å². The minimum Gasteiger partial charge on any atom is -0.497 e. The summed E-state index contributed by atoms with van der Waals surface area (Å²) in [5.41, 5.74) is 9.53. The highest BCUT2D eigenvalue weighted by atomic mass is 16.5. The maximum absolute atomic E-state index is 6.09. The number of rotatable bonds is 4. The Hall–Kier alpha value is -1.28. The molecule has 0 radical (unpaired) electrons. The van der Waals surface area contributed by atoms with E-state index in [-0.39, 0.29) is 6.04 Å². The second-order valence-electron chi connectivity index (χ2n) is 3.99. The first-order valence-electron chi connectivity index (χ1n) is 5.09. The highest BCUT2D eigenvalue weighted by molar-refractivity contribution is 5.36. The van der Waals surface area contributed by atoms with E-state index >= 15 is 0 Å². The molecule has 1 rings (SSSR count). The number of aryl methyl sites for hydroxylation is 1. The van der Waals surface area contributed by atoms with E-state index in [1.54, 1.807) is 7.11 Å². The Balaban J connectivity index is 2.90. The standard InChI is InChI=1S/C13H19NO/c1-9(2)7-13(14)12-6-5-11(15-4)8-10(12)3/h5-6,8,13H,1,7,14H2,2-4H3/t13-/m0/s1. The van der Waals surface area contributed by atoms with E-state index < -0.39 is 0 Å². The first-order chi connectivity index (χ1) is 7.04. The van der Waals surface area contributed by atoms with Crippen molar-refractivity contribution in [1.29, 1.82) is 0 Å². The largest absolute Gasteiger partial charge is 0.497 e. The van der Waals surface area contributed by atoms with Gasteiger partial charge < -0.3 is 10.5 Å². The molecule has 82 valence electrons. The smallest absolute Gasteiger partial charge is 0.119 e. The van der Waals surface area contributed by atoms with E-state index in [1.807, 2.05) is 25.1 Å². The first-order valence-corrected chi connectivity index (χ1v) is 5.09. The molecule has 0 unspecified atom stereocenters. The number of hydrogen-bond acceptors (Lipinski definition) is 2. The average molecular weight is 205 g/mol. The lowest BCUT2D eigenvalue weighted by molar-refractivity contribution is 0.414. The second kappa shape index (κ2) is 4.99. The van der Waals surface area contributed by atoms with Crippen LogP contribution in [0.15, 0.2) is 30.4 Å². The minimum absolute atomic E-state index is 0.0356. The summed E-state index contributed by atoms with van der Waals surface area (Å²) < 4.78 is 5.15. The van der Waals surface area contributed by atoms with E-state index in [9.17, 15) is 0 Å². The molecule has 0 aliphatic rings. The van der Waals surface area contributed by atoms with Gasteiger partial charge in [0, 0.05) is 6.04 Å². The van der Waals surface area contributed by atoms with Crippen LogP contribution in [0.3, 0.4) is 0 Å². The Morgan fingerprint density at radius 2 is 2.20 bits per heavy atom. The summed E-state index contributed by atoms with van der Waals surface area (Å²) in [7, 11) is 1.67. The van der Waals surface area contributed by atoms with Gasteiger partial charge in [-0.2, -0.15) is 0 Å². The highest BCUT2D eigenvalue weighted by Gasteiger charge is 2.09. The van der Waals surface area contributed by atoms with Crippen LogP contribution in [0.5, 0.6) is 5.75 Å². The lowest BCUT2D eigenvalue weighted by atomic mass is 9.97. The zero-order valence-electron chi connectivity index (χ0n) is 9.71. The van der Waals surface area contributed by atoms with Crippen LogP contribution in [0, 0.1) is 6.92 Å². The van der Waals surface area contributed by atoms with Gasteiger partial charge in [0.2, 0.25) is 0 Å². The SMILES string of the molecule is C=C(C)C[C@H](N)c1ccc(OC)cc1C. The summed E-state index contributed by atoms with van der Waals surface area (Å²) in [5.74, 6) is 0.874. The molecule has 0 aliphatic carbocycles. The zero-order valence-corrected chi connectivity index (χ0v) is 9.71. The summed E-state index contributed by atoms with van der Waals surface area (Å²) in [4.78, 5) is 0. The van der Waals surface area contributed by atoms with E-state index in [2.05, 4.69) is 13.5 Å². The number of nitrogens with two attached hydrogens (primary N) is 1. The Bertz CT molecular complexity index is 358. The molecular formula is C13H19NO. The maximum atomic E-state index is 6.09. The molecule has 1 aromatic rings. The van der Waals surface area contributed by atoms with Gasteiger partial charge in [-0.05, 0) is 43.5 Å². The summed E-state index contributed by atoms with van der Waals surface area (Å²) in [5, 5.41) is 0. The third-order valence-corrected chi connectivity index (χ3v) is 2.44. The lowest BCUT2D eigenvalue weighted by Gasteiger charge is -2.15. The van der Waals surface area contributed by atoms with Crippen molar-refractivity contribution in [3.63, 3.8) is 0 Å². The molecule has 0 spiro atoms. The molecule has 2 nitrogen and oxygen atoms in total. The van der Waals surface area contributed by atoms with E-state index in [4.69, 9.17) is 10.5 Å². The molecule has 2 N–H and O–H groups in total. The quantitative estimate of drug-likeness (QED) is 0.767. The van der Waals surface area contributed by atoms with Crippen molar-refractivity contribution in [2.24, 2.45) is 5.73 Å². The van der Waals surface area contributed by atoms with Gasteiger partial charge in [0.15, 0.2) is 0 Å². The van der Waals surface area contributed by atoms with Crippen LogP contribution >= 0.6 is 0 Å². The normalized spacial score (nSPS) is 12.3.